The molecule has 0 spiro atoms. The molecule has 0 unspecified atom stereocenters. The number of nitrogens with two attached hydrogens (primary N) is 1. The number of nitrogens with one attached hydrogen (secondary N) is 1. The van der Waals surface area contributed by atoms with Gasteiger partial charge < -0.3 is 11.1 Å². The van der Waals surface area contributed by atoms with Crippen molar-refractivity contribution < 1.29 is 4.79 Å². The Hall–Kier alpha value is -2.43. The van der Waals surface area contributed by atoms with Gasteiger partial charge in [-0.3, -0.25) is 14.8 Å². The average Bonchev–Trinajstić information content (AvgIpc) is 2.37. The number of hydrogen-bond donors (Lipinski definition) is 2. The van der Waals surface area contributed by atoms with E-state index in [2.05, 4.69) is 15.3 Å². The van der Waals surface area contributed by atoms with Gasteiger partial charge in [0.2, 0.25) is 0 Å². The molecular weight excluding hydrogens is 240 g/mol. The molecule has 0 aliphatic rings. The van der Waals surface area contributed by atoms with E-state index in [1.165, 1.54) is 6.20 Å². The summed E-state index contributed by atoms with van der Waals surface area (Å²) < 4.78 is 0. The van der Waals surface area contributed by atoms with Crippen LogP contribution in [0, 0.1) is 13.8 Å². The van der Waals surface area contributed by atoms with E-state index in [1.54, 1.807) is 12.3 Å². The van der Waals surface area contributed by atoms with Crippen molar-refractivity contribution in [3.8, 4) is 0 Å². The summed E-state index contributed by atoms with van der Waals surface area (Å²) in [5, 5.41) is 2.80. The van der Waals surface area contributed by atoms with Crippen molar-refractivity contribution in [2.24, 2.45) is 0 Å². The lowest BCUT2D eigenvalue weighted by Gasteiger charge is -2.07. The number of nitrogen functional groups attached to an aromatic ring is 1. The summed E-state index contributed by atoms with van der Waals surface area (Å²) in [4.78, 5) is 20.2. The molecule has 19 heavy (non-hydrogen) atoms. The monoisotopic (exact) mass is 256 g/mol. The Morgan fingerprint density at radius 3 is 2.58 bits per heavy atom. The van der Waals surface area contributed by atoms with Gasteiger partial charge in [-0.25, -0.2) is 0 Å². The average molecular weight is 256 g/mol. The second-order valence-corrected chi connectivity index (χ2v) is 4.40. The van der Waals surface area contributed by atoms with Crippen LogP contribution >= 0.6 is 0 Å². The van der Waals surface area contributed by atoms with E-state index in [-0.39, 0.29) is 5.91 Å². The molecule has 1 amide bonds. The van der Waals surface area contributed by atoms with E-state index >= 15 is 0 Å². The Morgan fingerprint density at radius 2 is 1.95 bits per heavy atom. The van der Waals surface area contributed by atoms with Crippen molar-refractivity contribution in [3.63, 3.8) is 0 Å². The van der Waals surface area contributed by atoms with Crippen molar-refractivity contribution >= 4 is 11.6 Å². The maximum atomic E-state index is 12.0. The fourth-order valence-corrected chi connectivity index (χ4v) is 1.65. The molecular formula is C14H16N4O. The first-order valence-corrected chi connectivity index (χ1v) is 5.98. The third-order valence-electron chi connectivity index (χ3n) is 2.74. The molecule has 0 atom stereocenters. The lowest BCUT2D eigenvalue weighted by Crippen LogP contribution is -2.24. The summed E-state index contributed by atoms with van der Waals surface area (Å²) in [6, 6.07) is 5.52. The smallest absolute Gasteiger partial charge is 0.255 e. The minimum Gasteiger partial charge on any atom is -0.398 e. The van der Waals surface area contributed by atoms with Crippen LogP contribution in [0.2, 0.25) is 0 Å². The van der Waals surface area contributed by atoms with E-state index in [1.807, 2.05) is 26.0 Å². The van der Waals surface area contributed by atoms with Crippen molar-refractivity contribution in [2.45, 2.75) is 20.4 Å². The lowest BCUT2D eigenvalue weighted by atomic mass is 10.2. The van der Waals surface area contributed by atoms with Crippen LogP contribution in [0.1, 0.15) is 27.3 Å². The van der Waals surface area contributed by atoms with Crippen molar-refractivity contribution in [3.05, 3.63) is 53.1 Å². The van der Waals surface area contributed by atoms with Crippen LogP contribution in [0.4, 0.5) is 5.69 Å². The topological polar surface area (TPSA) is 80.9 Å². The number of amides is 1. The molecule has 98 valence electrons. The number of aryl methyl sites for hydroxylation is 2. The molecule has 3 N–H and O–H groups in total. The number of nitrogens with zero attached hydrogens (tertiary/aromatic N) is 2. The fourth-order valence-electron chi connectivity index (χ4n) is 1.65. The van der Waals surface area contributed by atoms with Crippen LogP contribution in [0.25, 0.3) is 0 Å². The number of pyridine rings is 2. The third kappa shape index (κ3) is 3.28. The molecule has 2 aromatic rings. The standard InChI is InChI=1S/C14H16N4O/c1-9-3-4-11(6-16-9)7-18-14(19)12-8-17-10(2)5-13(12)15/h3-6,8H,7H2,1-2H3,(H2,15,17)(H,18,19). The predicted molar refractivity (Wildman–Crippen MR) is 73.5 cm³/mol. The molecule has 2 heterocycles. The first-order valence-electron chi connectivity index (χ1n) is 5.98. The maximum Gasteiger partial charge on any atom is 0.255 e. The molecule has 5 nitrogen and oxygen atoms in total. The number of carbonyl (C=O) groups excluding carboxylic acids is 1. The van der Waals surface area contributed by atoms with E-state index in [9.17, 15) is 4.79 Å². The van der Waals surface area contributed by atoms with Gasteiger partial charge in [0, 0.05) is 36.0 Å². The lowest BCUT2D eigenvalue weighted by molar-refractivity contribution is 0.0951. The molecule has 0 bridgehead atoms. The van der Waals surface area contributed by atoms with E-state index in [4.69, 9.17) is 5.73 Å². The van der Waals surface area contributed by atoms with Gasteiger partial charge in [-0.05, 0) is 31.5 Å². The maximum absolute atomic E-state index is 12.0. The summed E-state index contributed by atoms with van der Waals surface area (Å²) in [7, 11) is 0. The zero-order chi connectivity index (χ0) is 13.8. The van der Waals surface area contributed by atoms with Crippen LogP contribution < -0.4 is 11.1 Å². The van der Waals surface area contributed by atoms with Crippen molar-refractivity contribution in [2.75, 3.05) is 5.73 Å². The highest BCUT2D eigenvalue weighted by Gasteiger charge is 2.10. The van der Waals surface area contributed by atoms with Crippen LogP contribution in [-0.2, 0) is 6.54 Å². The Labute approximate surface area is 111 Å². The minimum atomic E-state index is -0.231. The first-order chi connectivity index (χ1) is 9.06. The van der Waals surface area contributed by atoms with Gasteiger partial charge in [0.1, 0.15) is 0 Å². The van der Waals surface area contributed by atoms with Crippen LogP contribution in [0.15, 0.2) is 30.6 Å². The molecule has 0 aliphatic carbocycles. The van der Waals surface area contributed by atoms with Crippen LogP contribution in [0.5, 0.6) is 0 Å². The molecule has 0 saturated heterocycles. The Balaban J connectivity index is 2.03. The highest BCUT2D eigenvalue weighted by Crippen LogP contribution is 2.11. The van der Waals surface area contributed by atoms with E-state index in [0.717, 1.165) is 17.0 Å². The fraction of sp³-hybridized carbons (Fsp3) is 0.214. The van der Waals surface area contributed by atoms with Crippen molar-refractivity contribution in [1.82, 2.24) is 15.3 Å². The number of aromatic nitrogens is 2. The molecule has 2 rings (SSSR count). The predicted octanol–water partition coefficient (Wildman–Crippen LogP) is 1.61. The number of rotatable bonds is 3. The Morgan fingerprint density at radius 1 is 1.21 bits per heavy atom. The highest BCUT2D eigenvalue weighted by molar-refractivity contribution is 5.98. The van der Waals surface area contributed by atoms with Gasteiger partial charge in [0.05, 0.1) is 5.56 Å². The zero-order valence-electron chi connectivity index (χ0n) is 11.0. The van der Waals surface area contributed by atoms with Crippen LogP contribution in [0.3, 0.4) is 0 Å². The summed E-state index contributed by atoms with van der Waals surface area (Å²) in [6.45, 7) is 4.16. The molecule has 0 fully saturated rings. The number of hydrogen-bond acceptors (Lipinski definition) is 4. The molecule has 5 heteroatoms. The molecule has 0 aliphatic heterocycles. The quantitative estimate of drug-likeness (QED) is 0.874. The molecule has 0 saturated carbocycles. The van der Waals surface area contributed by atoms with Gasteiger partial charge in [0.25, 0.3) is 5.91 Å². The highest BCUT2D eigenvalue weighted by atomic mass is 16.1. The van der Waals surface area contributed by atoms with Gasteiger partial charge >= 0.3 is 0 Å². The zero-order valence-corrected chi connectivity index (χ0v) is 11.0. The van der Waals surface area contributed by atoms with Gasteiger partial charge in [-0.15, -0.1) is 0 Å². The number of carbonyl (C=O) groups is 1. The summed E-state index contributed by atoms with van der Waals surface area (Å²) in [5.41, 5.74) is 9.31. The van der Waals surface area contributed by atoms with E-state index in [0.29, 0.717) is 17.8 Å². The largest absolute Gasteiger partial charge is 0.398 e. The SMILES string of the molecule is Cc1ccc(CNC(=O)c2cnc(C)cc2N)cn1. The van der Waals surface area contributed by atoms with Gasteiger partial charge in [-0.2, -0.15) is 0 Å². The summed E-state index contributed by atoms with van der Waals surface area (Å²) in [5.74, 6) is -0.231. The normalized spacial score (nSPS) is 10.2. The minimum absolute atomic E-state index is 0.231. The van der Waals surface area contributed by atoms with Crippen LogP contribution in [-0.4, -0.2) is 15.9 Å². The second-order valence-electron chi connectivity index (χ2n) is 4.40. The number of anilines is 1. The molecule has 0 aromatic carbocycles. The Kier molecular flexibility index (Phi) is 3.75. The molecule has 2 aromatic heterocycles. The van der Waals surface area contributed by atoms with Crippen molar-refractivity contribution in [1.29, 1.82) is 0 Å². The second kappa shape index (κ2) is 5.48. The summed E-state index contributed by atoms with van der Waals surface area (Å²) >= 11 is 0. The first kappa shape index (κ1) is 13.0. The summed E-state index contributed by atoms with van der Waals surface area (Å²) in [6.07, 6.45) is 3.24. The Bertz CT molecular complexity index is 593. The van der Waals surface area contributed by atoms with Gasteiger partial charge in [-0.1, -0.05) is 6.07 Å². The van der Waals surface area contributed by atoms with E-state index < -0.39 is 0 Å². The third-order valence-corrected chi connectivity index (χ3v) is 2.74. The molecule has 0 radical (unpaired) electrons. The van der Waals surface area contributed by atoms with Gasteiger partial charge in [0.15, 0.2) is 0 Å².